The average molecular weight is 562 g/mol. The molecule has 2 aromatic carbocycles. The molecule has 0 aliphatic heterocycles. The minimum Gasteiger partial charge on any atom is -0.365 e. The highest BCUT2D eigenvalue weighted by Crippen LogP contribution is 2.28. The summed E-state index contributed by atoms with van der Waals surface area (Å²) in [6, 6.07) is 12.2. The van der Waals surface area contributed by atoms with Crippen LogP contribution in [0.2, 0.25) is 0 Å². The molecule has 1 amide bonds. The van der Waals surface area contributed by atoms with Gasteiger partial charge in [-0.15, -0.1) is 0 Å². The van der Waals surface area contributed by atoms with Crippen LogP contribution in [0, 0.1) is 5.82 Å². The molecule has 186 valence electrons. The Morgan fingerprint density at radius 3 is 2.54 bits per heavy atom. The maximum Gasteiger partial charge on any atom is 0.253 e. The van der Waals surface area contributed by atoms with Crippen molar-refractivity contribution < 1.29 is 9.18 Å². The predicted octanol–water partition coefficient (Wildman–Crippen LogP) is 6.92. The summed E-state index contributed by atoms with van der Waals surface area (Å²) < 4.78 is 18.0. The van der Waals surface area contributed by atoms with Gasteiger partial charge in [-0.3, -0.25) is 9.52 Å². The van der Waals surface area contributed by atoms with E-state index in [1.807, 2.05) is 24.3 Å². The quantitative estimate of drug-likeness (QED) is 0.125. The van der Waals surface area contributed by atoms with E-state index in [2.05, 4.69) is 48.2 Å². The maximum atomic E-state index is 14.1. The van der Waals surface area contributed by atoms with Crippen LogP contribution in [0.1, 0.15) is 55.8 Å². The van der Waals surface area contributed by atoms with Crippen LogP contribution >= 0.6 is 27.9 Å². The number of nitrogens with one attached hydrogen (secondary N) is 3. The zero-order chi connectivity index (χ0) is 25.0. The van der Waals surface area contributed by atoms with Crippen molar-refractivity contribution >= 4 is 56.9 Å². The van der Waals surface area contributed by atoms with Crippen molar-refractivity contribution in [2.24, 2.45) is 5.73 Å². The molecule has 3 rings (SSSR count). The van der Waals surface area contributed by atoms with Crippen molar-refractivity contribution in [2.75, 3.05) is 17.2 Å². The topological polar surface area (TPSA) is 105 Å². The molecule has 3 aromatic rings. The van der Waals surface area contributed by atoms with E-state index in [1.54, 1.807) is 24.2 Å². The number of primary amides is 1. The number of carbonyl (C=O) groups excluding carboxylic acids is 1. The molecule has 0 atom stereocenters. The fourth-order valence-corrected chi connectivity index (χ4v) is 4.34. The van der Waals surface area contributed by atoms with E-state index in [9.17, 15) is 9.18 Å². The standard InChI is InChI=1S/C25H30BrFN6OS/c1-2-3-4-5-6-7-15-30-35-18-13-11-17(12-14-18)31-25-29-16-19(26)24(33-25)32-21-10-8-9-20(27)22(21)23(28)34/h8-14,16,30H,2-7,15H2,1H3,(H2,28,34)(H2,29,31,32,33). The first-order valence-electron chi connectivity index (χ1n) is 11.6. The highest BCUT2D eigenvalue weighted by atomic mass is 79.9. The van der Waals surface area contributed by atoms with Crippen LogP contribution < -0.4 is 21.1 Å². The Kier molecular flexibility index (Phi) is 10.8. The Hall–Kier alpha value is -2.69. The first-order valence-corrected chi connectivity index (χ1v) is 13.2. The lowest BCUT2D eigenvalue weighted by atomic mass is 10.1. The van der Waals surface area contributed by atoms with Crippen LogP contribution in [-0.4, -0.2) is 22.4 Å². The second kappa shape index (κ2) is 14.0. The summed E-state index contributed by atoms with van der Waals surface area (Å²) in [7, 11) is 0. The molecule has 35 heavy (non-hydrogen) atoms. The number of rotatable bonds is 14. The number of hydrogen-bond acceptors (Lipinski definition) is 7. The number of anilines is 4. The van der Waals surface area contributed by atoms with Crippen molar-refractivity contribution in [3.05, 3.63) is 64.5 Å². The van der Waals surface area contributed by atoms with E-state index in [0.717, 1.165) is 17.1 Å². The fraction of sp³-hybridized carbons (Fsp3) is 0.320. The molecule has 0 saturated carbocycles. The van der Waals surface area contributed by atoms with Crippen molar-refractivity contribution in [3.63, 3.8) is 0 Å². The van der Waals surface area contributed by atoms with E-state index >= 15 is 0 Å². The third kappa shape index (κ3) is 8.48. The molecule has 10 heteroatoms. The van der Waals surface area contributed by atoms with Crippen molar-refractivity contribution in [1.82, 2.24) is 14.7 Å². The number of halogens is 2. The van der Waals surface area contributed by atoms with Crippen LogP contribution in [0.15, 0.2) is 58.0 Å². The Balaban J connectivity index is 1.55. The summed E-state index contributed by atoms with van der Waals surface area (Å²) in [6.45, 7) is 3.22. The summed E-state index contributed by atoms with van der Waals surface area (Å²) >= 11 is 5.00. The lowest BCUT2D eigenvalue weighted by molar-refractivity contribution is 0.0997. The second-order valence-corrected chi connectivity index (χ2v) is 9.77. The van der Waals surface area contributed by atoms with Gasteiger partial charge in [0.15, 0.2) is 0 Å². The Bertz CT molecular complexity index is 1120. The number of unbranched alkanes of at least 4 members (excludes halogenated alkanes) is 5. The lowest BCUT2D eigenvalue weighted by Crippen LogP contribution is -2.16. The number of carbonyl (C=O) groups is 1. The predicted molar refractivity (Wildman–Crippen MR) is 145 cm³/mol. The monoisotopic (exact) mass is 560 g/mol. The maximum absolute atomic E-state index is 14.1. The van der Waals surface area contributed by atoms with Crippen LogP contribution in [0.5, 0.6) is 0 Å². The van der Waals surface area contributed by atoms with Gasteiger partial charge in [0.2, 0.25) is 5.95 Å². The van der Waals surface area contributed by atoms with Crippen LogP contribution in [0.4, 0.5) is 27.5 Å². The van der Waals surface area contributed by atoms with Gasteiger partial charge in [-0.2, -0.15) is 4.98 Å². The highest BCUT2D eigenvalue weighted by molar-refractivity contribution is 9.10. The van der Waals surface area contributed by atoms with E-state index in [-0.39, 0.29) is 11.3 Å². The molecule has 7 nitrogen and oxygen atoms in total. The molecule has 0 fully saturated rings. The van der Waals surface area contributed by atoms with E-state index in [4.69, 9.17) is 5.73 Å². The molecule has 1 heterocycles. The van der Waals surface area contributed by atoms with E-state index in [0.29, 0.717) is 16.2 Å². The summed E-state index contributed by atoms with van der Waals surface area (Å²) in [5.41, 5.74) is 6.15. The first-order chi connectivity index (χ1) is 17.0. The summed E-state index contributed by atoms with van der Waals surface area (Å²) in [6.07, 6.45) is 9.26. The molecule has 0 radical (unpaired) electrons. The molecule has 5 N–H and O–H groups in total. The van der Waals surface area contributed by atoms with Gasteiger partial charge in [-0.05, 0) is 70.7 Å². The smallest absolute Gasteiger partial charge is 0.253 e. The molecule has 0 spiro atoms. The third-order valence-electron chi connectivity index (χ3n) is 5.19. The van der Waals surface area contributed by atoms with Crippen molar-refractivity contribution in [1.29, 1.82) is 0 Å². The molecule has 0 saturated heterocycles. The van der Waals surface area contributed by atoms with Gasteiger partial charge in [0.05, 0.1) is 15.7 Å². The van der Waals surface area contributed by atoms with E-state index in [1.165, 1.54) is 50.7 Å². The van der Waals surface area contributed by atoms with Crippen LogP contribution in [0.3, 0.4) is 0 Å². The van der Waals surface area contributed by atoms with Crippen molar-refractivity contribution in [3.8, 4) is 0 Å². The third-order valence-corrected chi connectivity index (χ3v) is 6.63. The largest absolute Gasteiger partial charge is 0.365 e. The average Bonchev–Trinajstić information content (AvgIpc) is 2.84. The minimum absolute atomic E-state index is 0.220. The number of benzene rings is 2. The molecule has 0 aliphatic carbocycles. The Labute approximate surface area is 218 Å². The van der Waals surface area contributed by atoms with Crippen LogP contribution in [0.25, 0.3) is 0 Å². The normalized spacial score (nSPS) is 10.8. The highest BCUT2D eigenvalue weighted by Gasteiger charge is 2.16. The SMILES string of the molecule is CCCCCCCCNSc1ccc(Nc2ncc(Br)c(Nc3cccc(F)c3C(N)=O)n2)cc1. The van der Waals surface area contributed by atoms with E-state index < -0.39 is 11.7 Å². The number of amides is 1. The molecular formula is C25H30BrFN6OS. The van der Waals surface area contributed by atoms with Gasteiger partial charge in [0.25, 0.3) is 5.91 Å². The molecule has 0 unspecified atom stereocenters. The van der Waals surface area contributed by atoms with Gasteiger partial charge in [-0.25, -0.2) is 9.37 Å². The molecule has 0 aliphatic rings. The number of aromatic nitrogens is 2. The Morgan fingerprint density at radius 2 is 1.80 bits per heavy atom. The van der Waals surface area contributed by atoms with Crippen molar-refractivity contribution in [2.45, 2.75) is 50.3 Å². The van der Waals surface area contributed by atoms with Gasteiger partial charge in [-0.1, -0.05) is 45.1 Å². The van der Waals surface area contributed by atoms with Gasteiger partial charge < -0.3 is 16.4 Å². The van der Waals surface area contributed by atoms with Crippen LogP contribution in [-0.2, 0) is 0 Å². The summed E-state index contributed by atoms with van der Waals surface area (Å²) in [5.74, 6) is -0.866. The van der Waals surface area contributed by atoms with Gasteiger partial charge >= 0.3 is 0 Å². The Morgan fingerprint density at radius 1 is 1.06 bits per heavy atom. The second-order valence-electron chi connectivity index (χ2n) is 7.96. The number of hydrogen-bond donors (Lipinski definition) is 4. The molecule has 1 aromatic heterocycles. The lowest BCUT2D eigenvalue weighted by Gasteiger charge is -2.13. The zero-order valence-electron chi connectivity index (χ0n) is 19.6. The molecular weight excluding hydrogens is 531 g/mol. The zero-order valence-corrected chi connectivity index (χ0v) is 22.0. The number of nitrogens with two attached hydrogens (primary N) is 1. The molecule has 0 bridgehead atoms. The minimum atomic E-state index is -0.867. The first kappa shape index (κ1) is 26.9. The fourth-order valence-electron chi connectivity index (χ4n) is 3.37. The van der Waals surface area contributed by atoms with Gasteiger partial charge in [0.1, 0.15) is 11.6 Å². The summed E-state index contributed by atoms with van der Waals surface area (Å²) in [4.78, 5) is 21.5. The number of nitrogens with zero attached hydrogens (tertiary/aromatic N) is 2. The summed E-state index contributed by atoms with van der Waals surface area (Å²) in [5, 5.41) is 6.11. The van der Waals surface area contributed by atoms with Gasteiger partial charge in [0, 0.05) is 23.3 Å².